The largest absolute Gasteiger partial charge is 0.378 e. The van der Waals surface area contributed by atoms with Gasteiger partial charge in [-0.2, -0.15) is 0 Å². The molecule has 0 radical (unpaired) electrons. The highest BCUT2D eigenvalue weighted by Crippen LogP contribution is 2.19. The van der Waals surface area contributed by atoms with Crippen LogP contribution in [0.15, 0.2) is 30.3 Å². The van der Waals surface area contributed by atoms with Crippen LogP contribution in [0.2, 0.25) is 0 Å². The van der Waals surface area contributed by atoms with Crippen molar-refractivity contribution in [2.75, 3.05) is 50.8 Å². The molecule has 6 nitrogen and oxygen atoms in total. The molecule has 2 fully saturated rings. The van der Waals surface area contributed by atoms with Crippen LogP contribution in [0.1, 0.15) is 0 Å². The monoisotopic (exact) mass is 289 g/mol. The Morgan fingerprint density at radius 2 is 1.76 bits per heavy atom. The second-order valence-electron chi connectivity index (χ2n) is 5.18. The minimum atomic E-state index is -0.0946. The Kier molecular flexibility index (Phi) is 4.06. The number of ether oxygens (including phenoxy) is 1. The highest BCUT2D eigenvalue weighted by atomic mass is 16.5. The second-order valence-corrected chi connectivity index (χ2v) is 5.18. The molecule has 21 heavy (non-hydrogen) atoms. The van der Waals surface area contributed by atoms with Crippen molar-refractivity contribution in [3.8, 4) is 0 Å². The van der Waals surface area contributed by atoms with Crippen LogP contribution in [0.5, 0.6) is 0 Å². The number of nitrogens with zero attached hydrogens (tertiary/aromatic N) is 3. The predicted octanol–water partition coefficient (Wildman–Crippen LogP) is 0.787. The van der Waals surface area contributed by atoms with E-state index in [4.69, 9.17) is 4.74 Å². The zero-order valence-corrected chi connectivity index (χ0v) is 11.9. The van der Waals surface area contributed by atoms with Gasteiger partial charge in [-0.3, -0.25) is 9.69 Å². The summed E-state index contributed by atoms with van der Waals surface area (Å²) in [6.07, 6.45) is 0. The van der Waals surface area contributed by atoms with Crippen molar-refractivity contribution in [3.05, 3.63) is 30.3 Å². The van der Waals surface area contributed by atoms with E-state index in [-0.39, 0.29) is 18.5 Å². The van der Waals surface area contributed by atoms with Crippen LogP contribution in [0, 0.1) is 0 Å². The molecule has 1 aromatic rings. The maximum Gasteiger partial charge on any atom is 0.325 e. The van der Waals surface area contributed by atoms with Gasteiger partial charge in [0.15, 0.2) is 0 Å². The standard InChI is InChI=1S/C15H19N3O3/c19-14(16-8-10-21-11-9-16)12-17-6-7-18(15(17)20)13-4-2-1-3-5-13/h1-5H,6-12H2. The normalized spacial score (nSPS) is 19.2. The van der Waals surface area contributed by atoms with Gasteiger partial charge >= 0.3 is 6.03 Å². The van der Waals surface area contributed by atoms with Crippen LogP contribution in [0.3, 0.4) is 0 Å². The Balaban J connectivity index is 1.60. The first-order valence-corrected chi connectivity index (χ1v) is 7.23. The quantitative estimate of drug-likeness (QED) is 0.826. The van der Waals surface area contributed by atoms with Crippen LogP contribution < -0.4 is 4.90 Å². The third-order valence-corrected chi connectivity index (χ3v) is 3.85. The fourth-order valence-corrected chi connectivity index (χ4v) is 2.65. The highest BCUT2D eigenvalue weighted by molar-refractivity contribution is 5.96. The Morgan fingerprint density at radius 3 is 2.48 bits per heavy atom. The van der Waals surface area contributed by atoms with Crippen molar-refractivity contribution >= 4 is 17.6 Å². The van der Waals surface area contributed by atoms with E-state index in [9.17, 15) is 9.59 Å². The number of rotatable bonds is 3. The summed E-state index contributed by atoms with van der Waals surface area (Å²) < 4.78 is 5.23. The SMILES string of the molecule is O=C(CN1CCN(c2ccccc2)C1=O)N1CCOCC1. The number of hydrogen-bond acceptors (Lipinski definition) is 3. The fraction of sp³-hybridized carbons (Fsp3) is 0.467. The van der Waals surface area contributed by atoms with E-state index >= 15 is 0 Å². The molecule has 2 heterocycles. The van der Waals surface area contributed by atoms with Gasteiger partial charge in [-0.1, -0.05) is 18.2 Å². The van der Waals surface area contributed by atoms with Crippen LogP contribution in [0.25, 0.3) is 0 Å². The van der Waals surface area contributed by atoms with Crippen LogP contribution in [0.4, 0.5) is 10.5 Å². The zero-order valence-electron chi connectivity index (χ0n) is 11.9. The summed E-state index contributed by atoms with van der Waals surface area (Å²) in [7, 11) is 0. The summed E-state index contributed by atoms with van der Waals surface area (Å²) in [5.74, 6) is 0.00145. The topological polar surface area (TPSA) is 53.1 Å². The van der Waals surface area contributed by atoms with Crippen molar-refractivity contribution in [2.24, 2.45) is 0 Å². The van der Waals surface area contributed by atoms with Crippen molar-refractivity contribution in [1.29, 1.82) is 0 Å². The maximum absolute atomic E-state index is 12.4. The molecule has 0 aliphatic carbocycles. The molecule has 2 aliphatic rings. The molecule has 0 atom stereocenters. The van der Waals surface area contributed by atoms with Gasteiger partial charge in [-0.15, -0.1) is 0 Å². The smallest absolute Gasteiger partial charge is 0.325 e. The molecule has 0 bridgehead atoms. The number of anilines is 1. The first-order valence-electron chi connectivity index (χ1n) is 7.23. The number of benzene rings is 1. The summed E-state index contributed by atoms with van der Waals surface area (Å²) in [5, 5.41) is 0. The third kappa shape index (κ3) is 3.00. The number of carbonyl (C=O) groups excluding carboxylic acids is 2. The predicted molar refractivity (Wildman–Crippen MR) is 78.2 cm³/mol. The van der Waals surface area contributed by atoms with Crippen molar-refractivity contribution in [2.45, 2.75) is 0 Å². The molecule has 2 saturated heterocycles. The molecule has 0 saturated carbocycles. The number of morpholine rings is 1. The Hall–Kier alpha value is -2.08. The van der Waals surface area contributed by atoms with E-state index in [2.05, 4.69) is 0 Å². The number of amides is 3. The molecule has 0 spiro atoms. The summed E-state index contributed by atoms with van der Waals surface area (Å²) >= 11 is 0. The first-order chi connectivity index (χ1) is 10.3. The first kappa shape index (κ1) is 13.9. The molecule has 0 N–H and O–H groups in total. The van der Waals surface area contributed by atoms with Crippen molar-refractivity contribution in [1.82, 2.24) is 9.80 Å². The number of hydrogen-bond donors (Lipinski definition) is 0. The van der Waals surface area contributed by atoms with E-state index in [1.165, 1.54) is 0 Å². The number of urea groups is 1. The molecular weight excluding hydrogens is 270 g/mol. The molecule has 112 valence electrons. The molecule has 0 unspecified atom stereocenters. The van der Waals surface area contributed by atoms with Gasteiger partial charge in [0.1, 0.15) is 6.54 Å². The van der Waals surface area contributed by atoms with Gasteiger partial charge in [-0.05, 0) is 12.1 Å². The average molecular weight is 289 g/mol. The highest BCUT2D eigenvalue weighted by Gasteiger charge is 2.32. The minimum absolute atomic E-state index is 0.00145. The minimum Gasteiger partial charge on any atom is -0.378 e. The lowest BCUT2D eigenvalue weighted by atomic mass is 10.3. The molecule has 3 amide bonds. The van der Waals surface area contributed by atoms with Crippen LogP contribution >= 0.6 is 0 Å². The summed E-state index contributed by atoms with van der Waals surface area (Å²) in [6, 6.07) is 9.46. The maximum atomic E-state index is 12.4. The van der Waals surface area contributed by atoms with Gasteiger partial charge in [0.05, 0.1) is 13.2 Å². The molecule has 1 aromatic carbocycles. The van der Waals surface area contributed by atoms with Gasteiger partial charge in [0, 0.05) is 31.9 Å². The lowest BCUT2D eigenvalue weighted by Gasteiger charge is -2.28. The molecule has 3 rings (SSSR count). The molecule has 6 heteroatoms. The van der Waals surface area contributed by atoms with E-state index in [1.807, 2.05) is 30.3 Å². The molecule has 0 aromatic heterocycles. The number of para-hydroxylation sites is 1. The number of carbonyl (C=O) groups is 2. The van der Waals surface area contributed by atoms with Crippen molar-refractivity contribution < 1.29 is 14.3 Å². The lowest BCUT2D eigenvalue weighted by Crippen LogP contribution is -2.46. The summed E-state index contributed by atoms with van der Waals surface area (Å²) in [4.78, 5) is 29.7. The third-order valence-electron chi connectivity index (χ3n) is 3.85. The van der Waals surface area contributed by atoms with E-state index in [0.29, 0.717) is 39.4 Å². The van der Waals surface area contributed by atoms with Gasteiger partial charge in [0.25, 0.3) is 0 Å². The van der Waals surface area contributed by atoms with Gasteiger partial charge in [-0.25, -0.2) is 4.79 Å². The Morgan fingerprint density at radius 1 is 1.05 bits per heavy atom. The Labute approximate surface area is 123 Å². The lowest BCUT2D eigenvalue weighted by molar-refractivity contribution is -0.135. The van der Waals surface area contributed by atoms with E-state index < -0.39 is 0 Å². The molecular formula is C15H19N3O3. The van der Waals surface area contributed by atoms with Gasteiger partial charge in [0.2, 0.25) is 5.91 Å². The van der Waals surface area contributed by atoms with E-state index in [1.54, 1.807) is 14.7 Å². The van der Waals surface area contributed by atoms with E-state index in [0.717, 1.165) is 5.69 Å². The van der Waals surface area contributed by atoms with Gasteiger partial charge < -0.3 is 14.5 Å². The fourth-order valence-electron chi connectivity index (χ4n) is 2.65. The molecule has 2 aliphatic heterocycles. The summed E-state index contributed by atoms with van der Waals surface area (Å²) in [5.41, 5.74) is 0.879. The van der Waals surface area contributed by atoms with Crippen LogP contribution in [-0.4, -0.2) is 67.7 Å². The second kappa shape index (κ2) is 6.13. The zero-order chi connectivity index (χ0) is 14.7. The summed E-state index contributed by atoms with van der Waals surface area (Å²) in [6.45, 7) is 3.75. The Bertz CT molecular complexity index is 514. The van der Waals surface area contributed by atoms with Crippen molar-refractivity contribution in [3.63, 3.8) is 0 Å². The average Bonchev–Trinajstić information content (AvgIpc) is 2.90. The van der Waals surface area contributed by atoms with Crippen LogP contribution in [-0.2, 0) is 9.53 Å².